The first-order valence-corrected chi connectivity index (χ1v) is 11.2. The number of hydrogen-bond acceptors (Lipinski definition) is 4. The maximum Gasteiger partial charge on any atom is 0.233 e. The molecule has 4 fully saturated rings. The number of hydrogen-bond donors (Lipinski definition) is 0. The van der Waals surface area contributed by atoms with Gasteiger partial charge in [-0.05, 0) is 57.5 Å². The van der Waals surface area contributed by atoms with Crippen LogP contribution in [0.1, 0.15) is 44.1 Å². The Morgan fingerprint density at radius 1 is 1.21 bits per heavy atom. The van der Waals surface area contributed by atoms with E-state index in [1.165, 1.54) is 0 Å². The highest BCUT2D eigenvalue weighted by Crippen LogP contribution is 2.56. The molecule has 5 heteroatoms. The molecule has 29 heavy (non-hydrogen) atoms. The molecule has 158 valence electrons. The van der Waals surface area contributed by atoms with Crippen molar-refractivity contribution in [3.05, 3.63) is 29.8 Å². The van der Waals surface area contributed by atoms with Gasteiger partial charge in [-0.15, -0.1) is 0 Å². The molecule has 1 saturated carbocycles. The molecule has 5 nitrogen and oxygen atoms in total. The highest BCUT2D eigenvalue weighted by atomic mass is 16.5. The van der Waals surface area contributed by atoms with Crippen molar-refractivity contribution in [1.82, 2.24) is 9.80 Å². The monoisotopic (exact) mass is 398 g/mol. The van der Waals surface area contributed by atoms with Crippen molar-refractivity contribution >= 4 is 5.91 Å². The minimum atomic E-state index is -0.364. The maximum atomic E-state index is 14.0. The van der Waals surface area contributed by atoms with E-state index in [0.29, 0.717) is 23.8 Å². The van der Waals surface area contributed by atoms with Gasteiger partial charge in [-0.2, -0.15) is 0 Å². The van der Waals surface area contributed by atoms with E-state index in [1.54, 1.807) is 7.11 Å². The highest BCUT2D eigenvalue weighted by molar-refractivity contribution is 5.89. The third kappa shape index (κ3) is 2.92. The van der Waals surface area contributed by atoms with E-state index in [4.69, 9.17) is 9.47 Å². The number of rotatable bonds is 5. The van der Waals surface area contributed by atoms with Crippen LogP contribution in [0, 0.1) is 11.8 Å². The number of ether oxygens (including phenoxy) is 2. The van der Waals surface area contributed by atoms with Gasteiger partial charge in [-0.3, -0.25) is 4.79 Å². The first-order valence-electron chi connectivity index (χ1n) is 11.2. The van der Waals surface area contributed by atoms with Crippen LogP contribution in [0.4, 0.5) is 0 Å². The first-order chi connectivity index (χ1) is 14.0. The van der Waals surface area contributed by atoms with Gasteiger partial charge >= 0.3 is 0 Å². The molecule has 1 spiro atoms. The zero-order chi connectivity index (χ0) is 20.2. The zero-order valence-electron chi connectivity index (χ0n) is 18.0. The van der Waals surface area contributed by atoms with Gasteiger partial charge in [0.2, 0.25) is 5.91 Å². The molecule has 4 aliphatic rings. The van der Waals surface area contributed by atoms with Gasteiger partial charge in [0.25, 0.3) is 0 Å². The fourth-order valence-electron chi connectivity index (χ4n) is 6.83. The van der Waals surface area contributed by atoms with Crippen LogP contribution in [0.25, 0.3) is 0 Å². The minimum absolute atomic E-state index is 0.0826. The Bertz CT molecular complexity index is 771. The van der Waals surface area contributed by atoms with Crippen LogP contribution in [-0.4, -0.2) is 68.3 Å². The fraction of sp³-hybridized carbons (Fsp3) is 0.708. The molecule has 1 aromatic carbocycles. The normalized spacial score (nSPS) is 34.8. The summed E-state index contributed by atoms with van der Waals surface area (Å²) >= 11 is 0. The van der Waals surface area contributed by atoms with Crippen LogP contribution in [0.3, 0.4) is 0 Å². The lowest BCUT2D eigenvalue weighted by Crippen LogP contribution is -2.46. The molecule has 1 amide bonds. The standard InChI is InChI=1S/C24H34N2O3/c1-25(2)14-19-20-15-26(16-24(20)13-10-21(19)29-24)22(27)23(11-4-5-12-23)17-6-8-18(28-3)9-7-17/h6-9,19-21H,4-5,10-16H2,1-3H3/t19-,20+,21+,24+/m0/s1. The second-order valence-electron chi connectivity index (χ2n) is 10.00. The van der Waals surface area contributed by atoms with Crippen molar-refractivity contribution in [3.8, 4) is 5.75 Å². The van der Waals surface area contributed by atoms with Gasteiger partial charge in [0, 0.05) is 24.9 Å². The SMILES string of the molecule is COc1ccc(C2(C(=O)N3C[C@@H]4[C@H](CN(C)C)[C@H]5CC[C@]4(C3)O5)CCCC2)cc1. The Morgan fingerprint density at radius 2 is 1.93 bits per heavy atom. The smallest absolute Gasteiger partial charge is 0.233 e. The number of methoxy groups -OCH3 is 1. The Labute approximate surface area is 174 Å². The van der Waals surface area contributed by atoms with Crippen LogP contribution in [0.2, 0.25) is 0 Å². The van der Waals surface area contributed by atoms with Crippen molar-refractivity contribution in [2.24, 2.45) is 11.8 Å². The lowest BCUT2D eigenvalue weighted by molar-refractivity contribution is -0.138. The summed E-state index contributed by atoms with van der Waals surface area (Å²) in [6, 6.07) is 8.21. The largest absolute Gasteiger partial charge is 0.497 e. The summed E-state index contributed by atoms with van der Waals surface area (Å²) in [5.74, 6) is 2.22. The Morgan fingerprint density at radius 3 is 2.59 bits per heavy atom. The average molecular weight is 399 g/mol. The zero-order valence-corrected chi connectivity index (χ0v) is 18.0. The number of likely N-dealkylation sites (tertiary alicyclic amines) is 1. The topological polar surface area (TPSA) is 42.0 Å². The molecular formula is C24H34N2O3. The predicted molar refractivity (Wildman–Crippen MR) is 112 cm³/mol. The third-order valence-corrected chi connectivity index (χ3v) is 8.16. The van der Waals surface area contributed by atoms with E-state index in [0.717, 1.165) is 69.5 Å². The van der Waals surface area contributed by atoms with Gasteiger partial charge in [0.1, 0.15) is 5.75 Å². The van der Waals surface area contributed by atoms with Crippen molar-refractivity contribution in [1.29, 1.82) is 0 Å². The van der Waals surface area contributed by atoms with E-state index in [9.17, 15) is 4.79 Å². The Balaban J connectivity index is 1.41. The van der Waals surface area contributed by atoms with E-state index in [1.807, 2.05) is 12.1 Å². The summed E-state index contributed by atoms with van der Waals surface area (Å²) in [6.07, 6.45) is 6.83. The van der Waals surface area contributed by atoms with Crippen LogP contribution >= 0.6 is 0 Å². The third-order valence-electron chi connectivity index (χ3n) is 8.16. The van der Waals surface area contributed by atoms with E-state index < -0.39 is 0 Å². The number of amides is 1. The number of benzene rings is 1. The van der Waals surface area contributed by atoms with Gasteiger partial charge in [-0.25, -0.2) is 0 Å². The lowest BCUT2D eigenvalue weighted by Gasteiger charge is -2.34. The molecule has 2 bridgehead atoms. The molecule has 3 heterocycles. The number of carbonyl (C=O) groups excluding carboxylic acids is 1. The summed E-state index contributed by atoms with van der Waals surface area (Å²) in [4.78, 5) is 18.4. The minimum Gasteiger partial charge on any atom is -0.497 e. The van der Waals surface area contributed by atoms with Gasteiger partial charge in [0.05, 0.1) is 30.8 Å². The molecular weight excluding hydrogens is 364 g/mol. The number of nitrogens with zero attached hydrogens (tertiary/aromatic N) is 2. The van der Waals surface area contributed by atoms with Crippen molar-refractivity contribution in [2.75, 3.05) is 40.8 Å². The van der Waals surface area contributed by atoms with Crippen LogP contribution in [0.5, 0.6) is 5.75 Å². The summed E-state index contributed by atoms with van der Waals surface area (Å²) in [6.45, 7) is 2.71. The molecule has 3 aliphatic heterocycles. The van der Waals surface area contributed by atoms with E-state index >= 15 is 0 Å². The molecule has 5 rings (SSSR count). The van der Waals surface area contributed by atoms with Crippen LogP contribution < -0.4 is 4.74 Å². The molecule has 1 aliphatic carbocycles. The van der Waals surface area contributed by atoms with Crippen LogP contribution in [0.15, 0.2) is 24.3 Å². The molecule has 4 atom stereocenters. The lowest BCUT2D eigenvalue weighted by atomic mass is 9.73. The molecule has 1 aromatic rings. The summed E-state index contributed by atoms with van der Waals surface area (Å²) in [7, 11) is 5.98. The second kappa shape index (κ2) is 6.98. The summed E-state index contributed by atoms with van der Waals surface area (Å²) < 4.78 is 11.9. The van der Waals surface area contributed by atoms with Crippen LogP contribution in [-0.2, 0) is 14.9 Å². The van der Waals surface area contributed by atoms with Gasteiger partial charge < -0.3 is 19.3 Å². The molecule has 0 unspecified atom stereocenters. The molecule has 0 radical (unpaired) electrons. The maximum absolute atomic E-state index is 14.0. The van der Waals surface area contributed by atoms with Crippen molar-refractivity contribution < 1.29 is 14.3 Å². The number of carbonyl (C=O) groups is 1. The predicted octanol–water partition coefficient (Wildman–Crippen LogP) is 3.07. The molecule has 0 aromatic heterocycles. The molecule has 0 N–H and O–H groups in total. The Kier molecular flexibility index (Phi) is 4.67. The molecule has 3 saturated heterocycles. The highest BCUT2D eigenvalue weighted by Gasteiger charge is 2.64. The first kappa shape index (κ1) is 19.4. The summed E-state index contributed by atoms with van der Waals surface area (Å²) in [5, 5.41) is 0. The number of fused-ring (bicyclic) bond motifs is 1. The Hall–Kier alpha value is -1.59. The average Bonchev–Trinajstić information content (AvgIpc) is 3.49. The van der Waals surface area contributed by atoms with Gasteiger partial charge in [0.15, 0.2) is 0 Å². The summed E-state index contributed by atoms with van der Waals surface area (Å²) in [5.41, 5.74) is 0.711. The van der Waals surface area contributed by atoms with E-state index in [2.05, 4.69) is 36.0 Å². The fourth-order valence-corrected chi connectivity index (χ4v) is 6.83. The quantitative estimate of drug-likeness (QED) is 0.764. The van der Waals surface area contributed by atoms with Crippen molar-refractivity contribution in [3.63, 3.8) is 0 Å². The van der Waals surface area contributed by atoms with Crippen molar-refractivity contribution in [2.45, 2.75) is 55.6 Å². The van der Waals surface area contributed by atoms with E-state index in [-0.39, 0.29) is 11.0 Å². The van der Waals surface area contributed by atoms with Gasteiger partial charge in [-0.1, -0.05) is 25.0 Å². The second-order valence-corrected chi connectivity index (χ2v) is 10.00.